The van der Waals surface area contributed by atoms with Crippen molar-refractivity contribution in [2.24, 2.45) is 5.73 Å². The maximum atomic E-state index is 5.86. The lowest BCUT2D eigenvalue weighted by molar-refractivity contribution is 0.284. The fourth-order valence-electron chi connectivity index (χ4n) is 1.90. The van der Waals surface area contributed by atoms with E-state index in [0.29, 0.717) is 18.1 Å². The van der Waals surface area contributed by atoms with Crippen LogP contribution in [0.15, 0.2) is 30.6 Å². The highest BCUT2D eigenvalue weighted by atomic mass is 16.5. The van der Waals surface area contributed by atoms with Crippen molar-refractivity contribution in [2.75, 3.05) is 7.11 Å². The average molecular weight is 275 g/mol. The van der Waals surface area contributed by atoms with Crippen molar-refractivity contribution < 1.29 is 9.47 Å². The van der Waals surface area contributed by atoms with Gasteiger partial charge in [-0.3, -0.25) is 4.68 Å². The van der Waals surface area contributed by atoms with Crippen LogP contribution in [-0.2, 0) is 13.2 Å². The first-order valence-corrected chi connectivity index (χ1v) is 6.71. The van der Waals surface area contributed by atoms with Gasteiger partial charge in [-0.2, -0.15) is 5.10 Å². The molecule has 0 saturated carbocycles. The molecule has 0 aliphatic rings. The molecular formula is C15H21N3O2. The van der Waals surface area contributed by atoms with Gasteiger partial charge in [0, 0.05) is 24.3 Å². The lowest BCUT2D eigenvalue weighted by Gasteiger charge is -2.13. The van der Waals surface area contributed by atoms with Crippen molar-refractivity contribution in [3.63, 3.8) is 0 Å². The number of aryl methyl sites for hydroxylation is 1. The standard InChI is InChI=1S/C15H21N3O2/c1-4-18-9-12(8-17-18)10-20-14-6-5-13(11(2)16)7-15(14)19-3/h5-9,11H,4,10,16H2,1-3H3/t11-/m1/s1. The molecule has 0 saturated heterocycles. The molecule has 2 aromatic rings. The largest absolute Gasteiger partial charge is 0.493 e. The molecule has 5 heteroatoms. The first-order chi connectivity index (χ1) is 9.63. The number of hydrogen-bond donors (Lipinski definition) is 1. The average Bonchev–Trinajstić information content (AvgIpc) is 2.92. The van der Waals surface area contributed by atoms with E-state index in [1.807, 2.05) is 49.1 Å². The number of rotatable bonds is 6. The molecule has 0 unspecified atom stereocenters. The summed E-state index contributed by atoms with van der Waals surface area (Å²) in [5.41, 5.74) is 7.92. The summed E-state index contributed by atoms with van der Waals surface area (Å²) in [7, 11) is 1.63. The second-order valence-corrected chi connectivity index (χ2v) is 4.69. The second-order valence-electron chi connectivity index (χ2n) is 4.69. The zero-order chi connectivity index (χ0) is 14.5. The molecule has 1 aromatic heterocycles. The highest BCUT2D eigenvalue weighted by Crippen LogP contribution is 2.30. The first-order valence-electron chi connectivity index (χ1n) is 6.71. The summed E-state index contributed by atoms with van der Waals surface area (Å²) >= 11 is 0. The molecule has 0 fully saturated rings. The summed E-state index contributed by atoms with van der Waals surface area (Å²) in [6.45, 7) is 5.31. The fraction of sp³-hybridized carbons (Fsp3) is 0.400. The lowest BCUT2D eigenvalue weighted by atomic mass is 10.1. The Labute approximate surface area is 119 Å². The number of nitrogens with zero attached hydrogens (tertiary/aromatic N) is 2. The Bertz CT molecular complexity index is 564. The maximum Gasteiger partial charge on any atom is 0.161 e. The van der Waals surface area contributed by atoms with Crippen molar-refractivity contribution in [3.8, 4) is 11.5 Å². The van der Waals surface area contributed by atoms with Gasteiger partial charge in [0.2, 0.25) is 0 Å². The lowest BCUT2D eigenvalue weighted by Crippen LogP contribution is -2.05. The van der Waals surface area contributed by atoms with E-state index in [0.717, 1.165) is 17.7 Å². The van der Waals surface area contributed by atoms with Crippen molar-refractivity contribution in [3.05, 3.63) is 41.7 Å². The molecule has 2 N–H and O–H groups in total. The predicted octanol–water partition coefficient (Wildman–Crippen LogP) is 2.51. The van der Waals surface area contributed by atoms with Gasteiger partial charge < -0.3 is 15.2 Å². The topological polar surface area (TPSA) is 62.3 Å². The van der Waals surface area contributed by atoms with Gasteiger partial charge in [0.25, 0.3) is 0 Å². The molecular weight excluding hydrogens is 254 g/mol. The van der Waals surface area contributed by atoms with Crippen LogP contribution in [0, 0.1) is 0 Å². The van der Waals surface area contributed by atoms with Gasteiger partial charge in [-0.25, -0.2) is 0 Å². The van der Waals surface area contributed by atoms with Gasteiger partial charge >= 0.3 is 0 Å². The molecule has 108 valence electrons. The Morgan fingerprint density at radius 3 is 2.75 bits per heavy atom. The summed E-state index contributed by atoms with van der Waals surface area (Å²) in [4.78, 5) is 0. The highest BCUT2D eigenvalue weighted by Gasteiger charge is 2.09. The maximum absolute atomic E-state index is 5.86. The quantitative estimate of drug-likeness (QED) is 0.880. The molecule has 1 aromatic carbocycles. The van der Waals surface area contributed by atoms with Crippen molar-refractivity contribution >= 4 is 0 Å². The normalized spacial score (nSPS) is 12.2. The minimum Gasteiger partial charge on any atom is -0.493 e. The van der Waals surface area contributed by atoms with Gasteiger partial charge in [-0.05, 0) is 31.5 Å². The number of ether oxygens (including phenoxy) is 2. The van der Waals surface area contributed by atoms with E-state index >= 15 is 0 Å². The zero-order valence-electron chi connectivity index (χ0n) is 12.2. The van der Waals surface area contributed by atoms with Crippen molar-refractivity contribution in [1.29, 1.82) is 0 Å². The Kier molecular flexibility index (Phi) is 4.63. The van der Waals surface area contributed by atoms with Crippen LogP contribution in [0.1, 0.15) is 31.0 Å². The van der Waals surface area contributed by atoms with Crippen molar-refractivity contribution in [1.82, 2.24) is 9.78 Å². The Balaban J connectivity index is 2.08. The second kappa shape index (κ2) is 6.43. The smallest absolute Gasteiger partial charge is 0.161 e. The van der Waals surface area contributed by atoms with Crippen LogP contribution < -0.4 is 15.2 Å². The molecule has 0 aliphatic carbocycles. The molecule has 1 atom stereocenters. The van der Waals surface area contributed by atoms with Gasteiger partial charge in [0.05, 0.1) is 13.3 Å². The summed E-state index contributed by atoms with van der Waals surface area (Å²) in [5, 5.41) is 4.22. The zero-order valence-corrected chi connectivity index (χ0v) is 12.2. The van der Waals surface area contributed by atoms with E-state index in [1.165, 1.54) is 0 Å². The molecule has 1 heterocycles. The SMILES string of the molecule is CCn1cc(COc2ccc([C@@H](C)N)cc2OC)cn1. The van der Waals surface area contributed by atoms with Gasteiger partial charge in [-0.1, -0.05) is 6.07 Å². The Hall–Kier alpha value is -2.01. The Morgan fingerprint density at radius 2 is 2.15 bits per heavy atom. The predicted molar refractivity (Wildman–Crippen MR) is 77.8 cm³/mol. The van der Waals surface area contributed by atoms with E-state index in [2.05, 4.69) is 5.10 Å². The number of aromatic nitrogens is 2. The van der Waals surface area contributed by atoms with Crippen LogP contribution >= 0.6 is 0 Å². The third-order valence-electron chi connectivity index (χ3n) is 3.12. The fourth-order valence-corrected chi connectivity index (χ4v) is 1.90. The minimum absolute atomic E-state index is 0.0271. The van der Waals surface area contributed by atoms with Crippen LogP contribution in [0.5, 0.6) is 11.5 Å². The monoisotopic (exact) mass is 275 g/mol. The van der Waals surface area contributed by atoms with E-state index < -0.39 is 0 Å². The number of methoxy groups -OCH3 is 1. The summed E-state index contributed by atoms with van der Waals surface area (Å²) in [6.07, 6.45) is 3.79. The third-order valence-corrected chi connectivity index (χ3v) is 3.12. The minimum atomic E-state index is -0.0271. The number of benzene rings is 1. The van der Waals surface area contributed by atoms with Gasteiger partial charge in [0.15, 0.2) is 11.5 Å². The van der Waals surface area contributed by atoms with E-state index in [-0.39, 0.29) is 6.04 Å². The van der Waals surface area contributed by atoms with E-state index in [4.69, 9.17) is 15.2 Å². The number of nitrogens with two attached hydrogens (primary N) is 1. The van der Waals surface area contributed by atoms with E-state index in [9.17, 15) is 0 Å². The van der Waals surface area contributed by atoms with Crippen LogP contribution in [-0.4, -0.2) is 16.9 Å². The molecule has 0 amide bonds. The first kappa shape index (κ1) is 14.4. The van der Waals surface area contributed by atoms with Crippen molar-refractivity contribution in [2.45, 2.75) is 33.0 Å². The molecule has 0 radical (unpaired) electrons. The molecule has 20 heavy (non-hydrogen) atoms. The highest BCUT2D eigenvalue weighted by molar-refractivity contribution is 5.43. The number of hydrogen-bond acceptors (Lipinski definition) is 4. The summed E-state index contributed by atoms with van der Waals surface area (Å²) in [5.74, 6) is 1.41. The molecule has 5 nitrogen and oxygen atoms in total. The molecule has 0 aliphatic heterocycles. The van der Waals surface area contributed by atoms with Crippen LogP contribution in [0.4, 0.5) is 0 Å². The third kappa shape index (κ3) is 3.30. The molecule has 0 bridgehead atoms. The summed E-state index contributed by atoms with van der Waals surface area (Å²) < 4.78 is 13.0. The molecule has 2 rings (SSSR count). The summed E-state index contributed by atoms with van der Waals surface area (Å²) in [6, 6.07) is 5.73. The molecule has 0 spiro atoms. The Morgan fingerprint density at radius 1 is 1.35 bits per heavy atom. The van der Waals surface area contributed by atoms with E-state index in [1.54, 1.807) is 7.11 Å². The van der Waals surface area contributed by atoms with Crippen LogP contribution in [0.3, 0.4) is 0 Å². The van der Waals surface area contributed by atoms with Gasteiger partial charge in [-0.15, -0.1) is 0 Å². The van der Waals surface area contributed by atoms with Crippen LogP contribution in [0.25, 0.3) is 0 Å². The van der Waals surface area contributed by atoms with Gasteiger partial charge in [0.1, 0.15) is 6.61 Å². The van der Waals surface area contributed by atoms with Crippen LogP contribution in [0.2, 0.25) is 0 Å².